The lowest BCUT2D eigenvalue weighted by molar-refractivity contribution is -0.170. The third-order valence-electron chi connectivity index (χ3n) is 7.08. The van der Waals surface area contributed by atoms with Gasteiger partial charge in [-0.05, 0) is 42.4 Å². The van der Waals surface area contributed by atoms with Crippen molar-refractivity contribution in [3.8, 4) is 0 Å². The molecule has 158 valence electrons. The summed E-state index contributed by atoms with van der Waals surface area (Å²) in [6.07, 6.45) is 2.58. The lowest BCUT2D eigenvalue weighted by atomic mass is 9.48. The molecule has 0 aromatic rings. The Morgan fingerprint density at radius 3 is 2.32 bits per heavy atom. The van der Waals surface area contributed by atoms with Gasteiger partial charge in [-0.25, -0.2) is 4.79 Å². The second-order valence-corrected chi connectivity index (χ2v) is 9.28. The van der Waals surface area contributed by atoms with Gasteiger partial charge in [0, 0.05) is 5.92 Å². The highest BCUT2D eigenvalue weighted by atomic mass is 16.5. The van der Waals surface area contributed by atoms with Gasteiger partial charge in [-0.1, -0.05) is 39.3 Å². The van der Waals surface area contributed by atoms with Gasteiger partial charge in [-0.2, -0.15) is 0 Å². The van der Waals surface area contributed by atoms with E-state index in [9.17, 15) is 24.6 Å². The first kappa shape index (κ1) is 22.4. The molecule has 3 N–H and O–H groups in total. The van der Waals surface area contributed by atoms with Crippen LogP contribution in [0.1, 0.15) is 59.3 Å². The molecule has 2 aliphatic rings. The fourth-order valence-electron chi connectivity index (χ4n) is 5.65. The lowest BCUT2D eigenvalue weighted by Gasteiger charge is -2.58. The molecule has 5 atom stereocenters. The smallest absolute Gasteiger partial charge is 0.333 e. The molecule has 0 spiro atoms. The maximum absolute atomic E-state index is 11.6. The van der Waals surface area contributed by atoms with Crippen LogP contribution in [0.25, 0.3) is 0 Å². The van der Waals surface area contributed by atoms with Gasteiger partial charge in [0.05, 0.1) is 13.0 Å². The minimum absolute atomic E-state index is 0.0439. The molecule has 2 aliphatic carbocycles. The van der Waals surface area contributed by atoms with E-state index < -0.39 is 36.4 Å². The predicted molar refractivity (Wildman–Crippen MR) is 102 cm³/mol. The zero-order chi connectivity index (χ0) is 21.3. The molecular weight excluding hydrogens is 364 g/mol. The summed E-state index contributed by atoms with van der Waals surface area (Å²) in [6.45, 7) is 11.0. The summed E-state index contributed by atoms with van der Waals surface area (Å²) in [6, 6.07) is 0. The van der Waals surface area contributed by atoms with Crippen molar-refractivity contribution in [1.29, 1.82) is 0 Å². The molecule has 2 rings (SSSR count). The summed E-state index contributed by atoms with van der Waals surface area (Å²) in [5.41, 5.74) is 1.09. The number of rotatable bonds is 8. The number of carboxylic acids is 3. The van der Waals surface area contributed by atoms with Crippen LogP contribution in [0.2, 0.25) is 0 Å². The van der Waals surface area contributed by atoms with Crippen LogP contribution in [0.15, 0.2) is 12.2 Å². The molecule has 0 aromatic heterocycles. The molecular formula is C21H32O7. The molecule has 7 heteroatoms. The van der Waals surface area contributed by atoms with Crippen molar-refractivity contribution in [3.63, 3.8) is 0 Å². The van der Waals surface area contributed by atoms with Crippen molar-refractivity contribution in [2.45, 2.75) is 65.4 Å². The largest absolute Gasteiger partial charge is 0.481 e. The minimum atomic E-state index is -1.71. The number of hydrogen-bond acceptors (Lipinski definition) is 4. The Morgan fingerprint density at radius 1 is 1.14 bits per heavy atom. The molecule has 0 radical (unpaired) electrons. The van der Waals surface area contributed by atoms with E-state index >= 15 is 0 Å². The van der Waals surface area contributed by atoms with E-state index in [-0.39, 0.29) is 23.4 Å². The summed E-state index contributed by atoms with van der Waals surface area (Å²) >= 11 is 0. The second kappa shape index (κ2) is 8.23. The fourth-order valence-corrected chi connectivity index (χ4v) is 5.65. The van der Waals surface area contributed by atoms with E-state index in [1.807, 2.05) is 0 Å². The summed E-state index contributed by atoms with van der Waals surface area (Å²) in [7, 11) is 0. The van der Waals surface area contributed by atoms with Gasteiger partial charge in [-0.15, -0.1) is 0 Å². The molecule has 0 aromatic carbocycles. The van der Waals surface area contributed by atoms with Crippen molar-refractivity contribution < 1.29 is 34.4 Å². The number of ether oxygens (including phenoxy) is 1. The average Bonchev–Trinajstić information content (AvgIpc) is 2.54. The normalized spacial score (nSPS) is 31.5. The van der Waals surface area contributed by atoms with E-state index in [4.69, 9.17) is 9.84 Å². The molecule has 0 heterocycles. The van der Waals surface area contributed by atoms with Crippen LogP contribution in [0.3, 0.4) is 0 Å². The molecule has 2 saturated carbocycles. The third kappa shape index (κ3) is 4.40. The van der Waals surface area contributed by atoms with Crippen molar-refractivity contribution in [2.75, 3.05) is 6.61 Å². The predicted octanol–water partition coefficient (Wildman–Crippen LogP) is 3.43. The van der Waals surface area contributed by atoms with Crippen LogP contribution in [-0.2, 0) is 19.1 Å². The zero-order valence-electron chi connectivity index (χ0n) is 16.9. The third-order valence-corrected chi connectivity index (χ3v) is 7.08. The van der Waals surface area contributed by atoms with E-state index in [1.54, 1.807) is 0 Å². The average molecular weight is 396 g/mol. The van der Waals surface area contributed by atoms with Gasteiger partial charge < -0.3 is 20.1 Å². The first-order valence-electron chi connectivity index (χ1n) is 9.87. The topological polar surface area (TPSA) is 121 Å². The Bertz CT molecular complexity index is 653. The molecule has 0 amide bonds. The summed E-state index contributed by atoms with van der Waals surface area (Å²) < 4.78 is 5.62. The number of hydrogen-bond donors (Lipinski definition) is 3. The van der Waals surface area contributed by atoms with Gasteiger partial charge in [0.1, 0.15) is 5.92 Å². The first-order valence-corrected chi connectivity index (χ1v) is 9.87. The van der Waals surface area contributed by atoms with Gasteiger partial charge >= 0.3 is 17.9 Å². The Morgan fingerprint density at radius 2 is 1.79 bits per heavy atom. The van der Waals surface area contributed by atoms with Crippen molar-refractivity contribution >= 4 is 17.9 Å². The van der Waals surface area contributed by atoms with Crippen molar-refractivity contribution in [1.82, 2.24) is 0 Å². The fraction of sp³-hybridized carbons (Fsp3) is 0.762. The maximum atomic E-state index is 11.6. The van der Waals surface area contributed by atoms with Gasteiger partial charge in [-0.3, -0.25) is 9.59 Å². The molecule has 0 saturated heterocycles. The maximum Gasteiger partial charge on any atom is 0.333 e. The van der Waals surface area contributed by atoms with E-state index in [2.05, 4.69) is 27.4 Å². The minimum Gasteiger partial charge on any atom is -0.481 e. The van der Waals surface area contributed by atoms with Gasteiger partial charge in [0.2, 0.25) is 0 Å². The van der Waals surface area contributed by atoms with Gasteiger partial charge in [0.15, 0.2) is 6.10 Å². The number of fused-ring (bicyclic) bond motifs is 1. The molecule has 0 bridgehead atoms. The number of carbonyl (C=O) groups is 3. The Labute approximate surface area is 165 Å². The van der Waals surface area contributed by atoms with E-state index in [0.29, 0.717) is 5.92 Å². The quantitative estimate of drug-likeness (QED) is 0.537. The lowest BCUT2D eigenvalue weighted by Crippen LogP contribution is -2.51. The summed E-state index contributed by atoms with van der Waals surface area (Å²) in [5, 5.41) is 27.7. The molecule has 3 unspecified atom stereocenters. The van der Waals surface area contributed by atoms with Crippen LogP contribution in [-0.4, -0.2) is 45.9 Å². The zero-order valence-corrected chi connectivity index (χ0v) is 16.9. The van der Waals surface area contributed by atoms with Crippen LogP contribution in [0.5, 0.6) is 0 Å². The van der Waals surface area contributed by atoms with E-state index in [1.165, 1.54) is 0 Å². The monoisotopic (exact) mass is 396 g/mol. The van der Waals surface area contributed by atoms with Crippen LogP contribution < -0.4 is 0 Å². The summed E-state index contributed by atoms with van der Waals surface area (Å²) in [4.78, 5) is 34.1. The Hall–Kier alpha value is -1.89. The standard InChI is InChI=1S/C21H32O7/c1-12-6-7-15-20(2,3)8-5-9-21(15,4)14(12)11-28-17(19(26)27)13(18(24)25)10-16(22)23/h13-15,17H,1,5-11H2,2-4H3,(H,22,23)(H,24,25)(H,26,27)/t13?,14-,15?,17?,21+/m0/s1. The first-order chi connectivity index (χ1) is 12.9. The molecule has 0 aliphatic heterocycles. The second-order valence-electron chi connectivity index (χ2n) is 9.28. The molecule has 28 heavy (non-hydrogen) atoms. The Balaban J connectivity index is 2.23. The molecule has 7 nitrogen and oxygen atoms in total. The van der Waals surface area contributed by atoms with Crippen LogP contribution >= 0.6 is 0 Å². The van der Waals surface area contributed by atoms with Crippen LogP contribution in [0.4, 0.5) is 0 Å². The van der Waals surface area contributed by atoms with Crippen molar-refractivity contribution in [2.24, 2.45) is 28.6 Å². The Kier molecular flexibility index (Phi) is 6.58. The SMILES string of the molecule is C=C1CCC2C(C)(C)CCC[C@]2(C)[C@H]1COC(C(=O)O)C(CC(=O)O)C(=O)O. The van der Waals surface area contributed by atoms with E-state index in [0.717, 1.165) is 37.7 Å². The number of carboxylic acid groups (broad SMARTS) is 3. The summed E-state index contributed by atoms with van der Waals surface area (Å²) in [5.74, 6) is -5.58. The van der Waals surface area contributed by atoms with Crippen LogP contribution in [0, 0.1) is 28.6 Å². The van der Waals surface area contributed by atoms with Gasteiger partial charge in [0.25, 0.3) is 0 Å². The number of aliphatic carboxylic acids is 3. The van der Waals surface area contributed by atoms with Crippen molar-refractivity contribution in [3.05, 3.63) is 12.2 Å². The highest BCUT2D eigenvalue weighted by Gasteiger charge is 2.53. The highest BCUT2D eigenvalue weighted by Crippen LogP contribution is 2.60. The molecule has 2 fully saturated rings. The highest BCUT2D eigenvalue weighted by molar-refractivity contribution is 5.85.